The van der Waals surface area contributed by atoms with Gasteiger partial charge in [0.2, 0.25) is 0 Å². The largest absolute Gasteiger partial charge is 0.457 e. The molecule has 0 atom stereocenters. The number of furan rings is 1. The van der Waals surface area contributed by atoms with E-state index in [-0.39, 0.29) is 5.91 Å². The van der Waals surface area contributed by atoms with Crippen LogP contribution in [-0.2, 0) is 4.79 Å². The highest BCUT2D eigenvalue weighted by Crippen LogP contribution is 2.33. The first-order chi connectivity index (χ1) is 11.1. The lowest BCUT2D eigenvalue weighted by atomic mass is 10.1. The fraction of sp³-hybridized carbons (Fsp3) is 0.118. The minimum atomic E-state index is -0.0844. The highest BCUT2D eigenvalue weighted by Gasteiger charge is 2.30. The number of rotatable bonds is 3. The van der Waals surface area contributed by atoms with Crippen molar-refractivity contribution in [2.75, 3.05) is 6.54 Å². The molecule has 23 heavy (non-hydrogen) atoms. The Bertz CT molecular complexity index is 844. The molecule has 1 aromatic heterocycles. The second-order valence-corrected chi connectivity index (χ2v) is 6.49. The minimum Gasteiger partial charge on any atom is -0.457 e. The molecule has 6 heteroatoms. The molecular weight excluding hydrogens is 328 g/mol. The van der Waals surface area contributed by atoms with E-state index in [0.29, 0.717) is 32.9 Å². The topological polar surface area (TPSA) is 57.2 Å². The highest BCUT2D eigenvalue weighted by atomic mass is 32.2. The van der Waals surface area contributed by atoms with E-state index >= 15 is 0 Å². The van der Waals surface area contributed by atoms with Crippen molar-refractivity contribution in [2.45, 2.75) is 6.92 Å². The zero-order chi connectivity index (χ0) is 16.4. The highest BCUT2D eigenvalue weighted by molar-refractivity contribution is 8.26. The number of amides is 1. The summed E-state index contributed by atoms with van der Waals surface area (Å²) in [5, 5.41) is 8.82. The van der Waals surface area contributed by atoms with E-state index in [1.54, 1.807) is 23.1 Å². The Balaban J connectivity index is 1.85. The van der Waals surface area contributed by atoms with Gasteiger partial charge in [-0.2, -0.15) is 5.26 Å². The number of carbonyl (C=O) groups excluding carboxylic acids is 1. The quantitative estimate of drug-likeness (QED) is 0.623. The van der Waals surface area contributed by atoms with Crippen LogP contribution in [0.25, 0.3) is 17.4 Å². The molecule has 2 heterocycles. The van der Waals surface area contributed by atoms with Gasteiger partial charge in [-0.25, -0.2) is 0 Å². The van der Waals surface area contributed by atoms with Gasteiger partial charge in [0, 0.05) is 18.2 Å². The summed E-state index contributed by atoms with van der Waals surface area (Å²) in [7, 11) is 0. The molecule has 114 valence electrons. The maximum atomic E-state index is 12.2. The second kappa shape index (κ2) is 6.41. The third-order valence-electron chi connectivity index (χ3n) is 3.39. The molecule has 0 unspecified atom stereocenters. The van der Waals surface area contributed by atoms with Crippen LogP contribution in [0.15, 0.2) is 45.7 Å². The number of nitriles is 1. The molecule has 0 saturated carbocycles. The van der Waals surface area contributed by atoms with Gasteiger partial charge in [0.1, 0.15) is 15.8 Å². The summed E-state index contributed by atoms with van der Waals surface area (Å²) >= 11 is 6.47. The van der Waals surface area contributed by atoms with Gasteiger partial charge in [0.15, 0.2) is 0 Å². The van der Waals surface area contributed by atoms with Crippen LogP contribution in [0.2, 0.25) is 0 Å². The van der Waals surface area contributed by atoms with Gasteiger partial charge < -0.3 is 4.42 Å². The van der Waals surface area contributed by atoms with Crippen molar-refractivity contribution in [2.24, 2.45) is 0 Å². The number of hydrogen-bond donors (Lipinski definition) is 0. The van der Waals surface area contributed by atoms with Crippen LogP contribution in [0.1, 0.15) is 18.2 Å². The molecule has 4 nitrogen and oxygen atoms in total. The Morgan fingerprint density at radius 3 is 2.65 bits per heavy atom. The summed E-state index contributed by atoms with van der Waals surface area (Å²) in [6, 6.07) is 12.9. The first kappa shape index (κ1) is 15.5. The van der Waals surface area contributed by atoms with Crippen LogP contribution < -0.4 is 0 Å². The van der Waals surface area contributed by atoms with Crippen LogP contribution in [0.3, 0.4) is 0 Å². The van der Waals surface area contributed by atoms with Gasteiger partial charge in [-0.15, -0.1) is 0 Å². The van der Waals surface area contributed by atoms with Gasteiger partial charge in [-0.1, -0.05) is 24.0 Å². The average Bonchev–Trinajstić information content (AvgIpc) is 3.13. The Hall–Kier alpha value is -2.36. The van der Waals surface area contributed by atoms with Crippen LogP contribution >= 0.6 is 24.0 Å². The monoisotopic (exact) mass is 340 g/mol. The molecule has 1 fully saturated rings. The van der Waals surface area contributed by atoms with Crippen molar-refractivity contribution >= 4 is 40.3 Å². The summed E-state index contributed by atoms with van der Waals surface area (Å²) in [4.78, 5) is 14.3. The molecule has 3 rings (SSSR count). The van der Waals surface area contributed by atoms with E-state index < -0.39 is 0 Å². The SMILES string of the molecule is CCN1C(=O)/C(=C/c2ccc(-c3ccc(C#N)cc3)o2)SC1=S. The Kier molecular flexibility index (Phi) is 4.33. The smallest absolute Gasteiger partial charge is 0.266 e. The zero-order valence-corrected chi connectivity index (χ0v) is 13.9. The molecule has 0 bridgehead atoms. The summed E-state index contributed by atoms with van der Waals surface area (Å²) in [5.41, 5.74) is 1.48. The molecule has 0 N–H and O–H groups in total. The van der Waals surface area contributed by atoms with Gasteiger partial charge in [-0.05, 0) is 43.3 Å². The Labute approximate surface area is 143 Å². The number of thioether (sulfide) groups is 1. The lowest BCUT2D eigenvalue weighted by molar-refractivity contribution is -0.121. The third kappa shape index (κ3) is 3.07. The predicted molar refractivity (Wildman–Crippen MR) is 94.4 cm³/mol. The molecule has 0 spiro atoms. The maximum Gasteiger partial charge on any atom is 0.266 e. The summed E-state index contributed by atoms with van der Waals surface area (Å²) < 4.78 is 6.34. The van der Waals surface area contributed by atoms with E-state index in [2.05, 4.69) is 6.07 Å². The van der Waals surface area contributed by atoms with Crippen LogP contribution in [0, 0.1) is 11.3 Å². The molecule has 0 aliphatic carbocycles. The fourth-order valence-corrected chi connectivity index (χ4v) is 3.56. The van der Waals surface area contributed by atoms with Crippen molar-refractivity contribution in [1.29, 1.82) is 5.26 Å². The third-order valence-corrected chi connectivity index (χ3v) is 4.77. The molecule has 1 amide bonds. The number of likely N-dealkylation sites (N-methyl/N-ethyl adjacent to an activating group) is 1. The first-order valence-electron chi connectivity index (χ1n) is 6.98. The number of carbonyl (C=O) groups is 1. The van der Waals surface area contributed by atoms with E-state index in [1.807, 2.05) is 31.2 Å². The molecule has 1 aliphatic rings. The van der Waals surface area contributed by atoms with Gasteiger partial charge in [0.25, 0.3) is 5.91 Å². The summed E-state index contributed by atoms with van der Waals surface area (Å²) in [5.74, 6) is 1.20. The standard InChI is InChI=1S/C17H12N2O2S2/c1-2-19-16(20)15(23-17(19)22)9-13-7-8-14(21-13)12-5-3-11(10-18)4-6-12/h3-9H,2H2,1H3/b15-9-. The first-order valence-corrected chi connectivity index (χ1v) is 8.20. The summed E-state index contributed by atoms with van der Waals surface area (Å²) in [6.45, 7) is 2.46. The van der Waals surface area contributed by atoms with Crippen LogP contribution in [0.4, 0.5) is 0 Å². The molecule has 0 radical (unpaired) electrons. The molecule has 2 aromatic rings. The average molecular weight is 340 g/mol. The second-order valence-electron chi connectivity index (χ2n) is 4.82. The normalized spacial score (nSPS) is 16.2. The fourth-order valence-electron chi connectivity index (χ4n) is 2.20. The molecular formula is C17H12N2O2S2. The van der Waals surface area contributed by atoms with Crippen molar-refractivity contribution < 1.29 is 9.21 Å². The molecule has 1 aromatic carbocycles. The maximum absolute atomic E-state index is 12.2. The van der Waals surface area contributed by atoms with E-state index in [9.17, 15) is 4.79 Å². The number of hydrogen-bond acceptors (Lipinski definition) is 5. The Morgan fingerprint density at radius 1 is 1.30 bits per heavy atom. The lowest BCUT2D eigenvalue weighted by Gasteiger charge is -2.09. The Morgan fingerprint density at radius 2 is 2.04 bits per heavy atom. The van der Waals surface area contributed by atoms with Crippen molar-refractivity contribution in [3.05, 3.63) is 52.6 Å². The van der Waals surface area contributed by atoms with Crippen molar-refractivity contribution in [3.63, 3.8) is 0 Å². The van der Waals surface area contributed by atoms with E-state index in [1.165, 1.54) is 11.8 Å². The van der Waals surface area contributed by atoms with E-state index in [0.717, 1.165) is 5.56 Å². The van der Waals surface area contributed by atoms with Crippen molar-refractivity contribution in [1.82, 2.24) is 4.90 Å². The van der Waals surface area contributed by atoms with Crippen LogP contribution in [0.5, 0.6) is 0 Å². The van der Waals surface area contributed by atoms with Crippen LogP contribution in [-0.4, -0.2) is 21.7 Å². The number of benzene rings is 1. The molecule has 1 aliphatic heterocycles. The molecule has 1 saturated heterocycles. The number of thiocarbonyl (C=S) groups is 1. The minimum absolute atomic E-state index is 0.0844. The van der Waals surface area contributed by atoms with E-state index in [4.69, 9.17) is 21.9 Å². The van der Waals surface area contributed by atoms with Crippen molar-refractivity contribution in [3.8, 4) is 17.4 Å². The van der Waals surface area contributed by atoms with Gasteiger partial charge >= 0.3 is 0 Å². The lowest BCUT2D eigenvalue weighted by Crippen LogP contribution is -2.27. The summed E-state index contributed by atoms with van der Waals surface area (Å²) in [6.07, 6.45) is 1.71. The number of nitrogens with zero attached hydrogens (tertiary/aromatic N) is 2. The van der Waals surface area contributed by atoms with Gasteiger partial charge in [0.05, 0.1) is 16.5 Å². The van der Waals surface area contributed by atoms with Gasteiger partial charge in [-0.3, -0.25) is 9.69 Å². The zero-order valence-electron chi connectivity index (χ0n) is 12.3. The predicted octanol–water partition coefficient (Wildman–Crippen LogP) is 4.04.